The number of fused-ring (bicyclic) bond motifs is 4. The molecular formula is C30H30N4O2SSi. The number of primary amides is 1. The van der Waals surface area contributed by atoms with Crippen LogP contribution >= 0.6 is 11.3 Å². The molecule has 6 nitrogen and oxygen atoms in total. The monoisotopic (exact) mass is 538 g/mol. The second-order valence-corrected chi connectivity index (χ2v) is 17.5. The molecule has 4 heterocycles. The maximum Gasteiger partial charge on any atom is 0.250 e. The molecule has 6 aromatic rings. The van der Waals surface area contributed by atoms with Crippen molar-refractivity contribution in [2.45, 2.75) is 32.4 Å². The van der Waals surface area contributed by atoms with Gasteiger partial charge in [-0.25, -0.2) is 4.98 Å². The number of thiophene rings is 1. The first-order valence-electron chi connectivity index (χ1n) is 12.8. The van der Waals surface area contributed by atoms with Crippen LogP contribution in [0.25, 0.3) is 53.7 Å². The van der Waals surface area contributed by atoms with E-state index in [1.54, 1.807) is 17.5 Å². The highest BCUT2D eigenvalue weighted by molar-refractivity contribution is 7.26. The fourth-order valence-corrected chi connectivity index (χ4v) is 7.01. The minimum absolute atomic E-state index is 0.317. The van der Waals surface area contributed by atoms with E-state index in [-0.39, 0.29) is 0 Å². The third-order valence-electron chi connectivity index (χ3n) is 6.97. The average molecular weight is 539 g/mol. The SMILES string of the molecule is C[Si](C)(C)CCOCn1c(-c2ccnc3[nH]ccc23)cc(C(N)=O)c1-c1cccc2c1sc1ccccc12. The molecule has 0 spiro atoms. The van der Waals surface area contributed by atoms with Crippen molar-refractivity contribution in [3.05, 3.63) is 78.6 Å². The fourth-order valence-electron chi connectivity index (χ4n) is 5.04. The summed E-state index contributed by atoms with van der Waals surface area (Å²) < 4.78 is 10.8. The van der Waals surface area contributed by atoms with Gasteiger partial charge in [-0.15, -0.1) is 11.3 Å². The lowest BCUT2D eigenvalue weighted by Gasteiger charge is -2.19. The van der Waals surface area contributed by atoms with Crippen molar-refractivity contribution in [3.63, 3.8) is 0 Å². The van der Waals surface area contributed by atoms with Gasteiger partial charge in [-0.05, 0) is 30.3 Å². The van der Waals surface area contributed by atoms with E-state index in [1.165, 1.54) is 15.5 Å². The predicted molar refractivity (Wildman–Crippen MR) is 160 cm³/mol. The topological polar surface area (TPSA) is 85.9 Å². The summed E-state index contributed by atoms with van der Waals surface area (Å²) in [4.78, 5) is 20.6. The number of pyridine rings is 1. The summed E-state index contributed by atoms with van der Waals surface area (Å²) in [5.74, 6) is -0.459. The molecule has 0 fully saturated rings. The van der Waals surface area contributed by atoms with Gasteiger partial charge < -0.3 is 20.0 Å². The molecule has 0 aliphatic heterocycles. The molecular weight excluding hydrogens is 509 g/mol. The first kappa shape index (κ1) is 24.6. The van der Waals surface area contributed by atoms with Gasteiger partial charge >= 0.3 is 0 Å². The maximum atomic E-state index is 12.9. The van der Waals surface area contributed by atoms with Crippen LogP contribution in [0.5, 0.6) is 0 Å². The number of benzene rings is 2. The Balaban J connectivity index is 1.60. The summed E-state index contributed by atoms with van der Waals surface area (Å²) >= 11 is 1.74. The summed E-state index contributed by atoms with van der Waals surface area (Å²) in [6.07, 6.45) is 3.67. The van der Waals surface area contributed by atoms with Crippen molar-refractivity contribution in [2.24, 2.45) is 5.73 Å². The lowest BCUT2D eigenvalue weighted by Crippen LogP contribution is -2.22. The summed E-state index contributed by atoms with van der Waals surface area (Å²) in [5, 5.41) is 3.36. The highest BCUT2D eigenvalue weighted by Crippen LogP contribution is 2.43. The molecule has 192 valence electrons. The standard InChI is InChI=1S/C30H30N4O2SSi/c1-38(2,3)16-15-36-18-34-25(19-11-13-32-30-22(19)12-14-33-30)17-24(29(31)35)27(34)23-9-6-8-21-20-7-4-5-10-26(20)37-28(21)23/h4-14,17H,15-16,18H2,1-3H3,(H2,31,35)(H,32,33). The van der Waals surface area contributed by atoms with Crippen LogP contribution < -0.4 is 5.73 Å². The summed E-state index contributed by atoms with van der Waals surface area (Å²) in [6.45, 7) is 8.02. The van der Waals surface area contributed by atoms with Crippen LogP contribution in [0.1, 0.15) is 10.4 Å². The Kier molecular flexibility index (Phi) is 6.18. The number of aromatic amines is 1. The molecule has 0 atom stereocenters. The third-order valence-corrected chi connectivity index (χ3v) is 9.90. The zero-order valence-electron chi connectivity index (χ0n) is 21.7. The quantitative estimate of drug-likeness (QED) is 0.156. The van der Waals surface area contributed by atoms with E-state index in [2.05, 4.69) is 76.6 Å². The van der Waals surface area contributed by atoms with E-state index in [4.69, 9.17) is 10.5 Å². The minimum atomic E-state index is -1.26. The van der Waals surface area contributed by atoms with Gasteiger partial charge in [-0.1, -0.05) is 56.0 Å². The Morgan fingerprint density at radius 2 is 1.84 bits per heavy atom. The van der Waals surface area contributed by atoms with Crippen molar-refractivity contribution < 1.29 is 9.53 Å². The maximum absolute atomic E-state index is 12.9. The summed E-state index contributed by atoms with van der Waals surface area (Å²) in [5.41, 5.74) is 10.9. The molecule has 0 saturated carbocycles. The second-order valence-electron chi connectivity index (χ2n) is 10.8. The Labute approximate surface area is 226 Å². The minimum Gasteiger partial charge on any atom is -0.366 e. The summed E-state index contributed by atoms with van der Waals surface area (Å²) in [6, 6.07) is 21.7. The van der Waals surface area contributed by atoms with E-state index in [9.17, 15) is 4.79 Å². The van der Waals surface area contributed by atoms with Crippen molar-refractivity contribution in [1.29, 1.82) is 0 Å². The highest BCUT2D eigenvalue weighted by atomic mass is 32.1. The first-order valence-corrected chi connectivity index (χ1v) is 17.3. The van der Waals surface area contributed by atoms with Gasteiger partial charge in [0.05, 0.1) is 17.0 Å². The van der Waals surface area contributed by atoms with Gasteiger partial charge in [-0.2, -0.15) is 0 Å². The number of nitrogens with zero attached hydrogens (tertiary/aromatic N) is 2. The Morgan fingerprint density at radius 1 is 1.03 bits per heavy atom. The molecule has 1 amide bonds. The van der Waals surface area contributed by atoms with Crippen LogP contribution in [0.4, 0.5) is 0 Å². The van der Waals surface area contributed by atoms with Gasteiger partial charge in [0.15, 0.2) is 0 Å². The van der Waals surface area contributed by atoms with Crippen LogP contribution in [0, 0.1) is 0 Å². The molecule has 0 unspecified atom stereocenters. The molecule has 0 bridgehead atoms. The molecule has 4 aromatic heterocycles. The fraction of sp³-hybridized carbons (Fsp3) is 0.200. The van der Waals surface area contributed by atoms with Gasteiger partial charge in [-0.3, -0.25) is 4.79 Å². The molecule has 0 aliphatic rings. The van der Waals surface area contributed by atoms with E-state index in [0.717, 1.165) is 44.3 Å². The molecule has 38 heavy (non-hydrogen) atoms. The van der Waals surface area contributed by atoms with Crippen LogP contribution in [-0.4, -0.2) is 35.1 Å². The van der Waals surface area contributed by atoms with Gasteiger partial charge in [0, 0.05) is 63.8 Å². The molecule has 0 aliphatic carbocycles. The number of rotatable bonds is 8. The number of carbonyl (C=O) groups excluding carboxylic acids is 1. The number of hydrogen-bond acceptors (Lipinski definition) is 4. The van der Waals surface area contributed by atoms with E-state index >= 15 is 0 Å². The number of carbonyl (C=O) groups is 1. The number of nitrogens with one attached hydrogen (secondary N) is 1. The van der Waals surface area contributed by atoms with Crippen molar-refractivity contribution in [3.8, 4) is 22.5 Å². The lowest BCUT2D eigenvalue weighted by atomic mass is 10.0. The normalized spacial score (nSPS) is 12.2. The number of amides is 1. The zero-order valence-corrected chi connectivity index (χ0v) is 23.6. The van der Waals surface area contributed by atoms with E-state index in [1.807, 2.05) is 24.4 Å². The van der Waals surface area contributed by atoms with Crippen LogP contribution in [0.2, 0.25) is 25.7 Å². The van der Waals surface area contributed by atoms with Crippen LogP contribution in [0.3, 0.4) is 0 Å². The largest absolute Gasteiger partial charge is 0.366 e. The smallest absolute Gasteiger partial charge is 0.250 e. The Bertz CT molecular complexity index is 1810. The van der Waals surface area contributed by atoms with Crippen LogP contribution in [-0.2, 0) is 11.5 Å². The molecule has 0 saturated heterocycles. The number of hydrogen-bond donors (Lipinski definition) is 2. The first-order chi connectivity index (χ1) is 18.3. The summed E-state index contributed by atoms with van der Waals surface area (Å²) in [7, 11) is -1.26. The molecule has 0 radical (unpaired) electrons. The number of ether oxygens (including phenoxy) is 1. The van der Waals surface area contributed by atoms with Gasteiger partial charge in [0.1, 0.15) is 12.4 Å². The molecule has 6 rings (SSSR count). The van der Waals surface area contributed by atoms with Crippen molar-refractivity contribution >= 4 is 56.5 Å². The van der Waals surface area contributed by atoms with Gasteiger partial charge in [0.25, 0.3) is 5.91 Å². The number of H-pyrrole nitrogens is 1. The predicted octanol–water partition coefficient (Wildman–Crippen LogP) is 7.48. The Morgan fingerprint density at radius 3 is 2.66 bits per heavy atom. The van der Waals surface area contributed by atoms with Crippen molar-refractivity contribution in [2.75, 3.05) is 6.61 Å². The van der Waals surface area contributed by atoms with E-state index in [0.29, 0.717) is 18.9 Å². The third kappa shape index (κ3) is 4.34. The zero-order chi connectivity index (χ0) is 26.4. The number of nitrogens with two attached hydrogens (primary N) is 1. The van der Waals surface area contributed by atoms with Crippen molar-refractivity contribution in [1.82, 2.24) is 14.5 Å². The van der Waals surface area contributed by atoms with Crippen LogP contribution in [0.15, 0.2) is 73.1 Å². The molecule has 3 N–H and O–H groups in total. The molecule has 2 aromatic carbocycles. The van der Waals surface area contributed by atoms with Gasteiger partial charge in [0.2, 0.25) is 0 Å². The number of aromatic nitrogens is 3. The molecule has 8 heteroatoms. The Hall–Kier alpha value is -3.72. The average Bonchev–Trinajstić information content (AvgIpc) is 3.61. The van der Waals surface area contributed by atoms with E-state index < -0.39 is 14.0 Å². The highest BCUT2D eigenvalue weighted by Gasteiger charge is 2.25. The lowest BCUT2D eigenvalue weighted by molar-refractivity contribution is 0.0894. The second kappa shape index (κ2) is 9.54.